The molecule has 0 saturated carbocycles. The number of nitrogens with two attached hydrogens (primary N) is 1. The molecule has 1 heterocycles. The molecule has 21 heavy (non-hydrogen) atoms. The summed E-state index contributed by atoms with van der Waals surface area (Å²) in [5.41, 5.74) is 6.06. The first kappa shape index (κ1) is 15.9. The summed E-state index contributed by atoms with van der Waals surface area (Å²) < 4.78 is 37.9. The van der Waals surface area contributed by atoms with E-state index in [1.807, 2.05) is 0 Å². The summed E-state index contributed by atoms with van der Waals surface area (Å²) in [6.07, 6.45) is 2.00. The summed E-state index contributed by atoms with van der Waals surface area (Å²) in [5, 5.41) is 0. The monoisotopic (exact) mass is 374 g/mol. The molecule has 1 aromatic heterocycles. The first-order valence-electron chi connectivity index (χ1n) is 6.09. The van der Waals surface area contributed by atoms with E-state index in [1.54, 1.807) is 18.4 Å². The SMILES string of the molecule is COc1cc(Br)c(N)cc1S(=O)(=O)NCCc1ccco1. The van der Waals surface area contributed by atoms with Crippen molar-refractivity contribution >= 4 is 31.6 Å². The fourth-order valence-electron chi connectivity index (χ4n) is 1.76. The lowest BCUT2D eigenvalue weighted by Gasteiger charge is -2.12. The van der Waals surface area contributed by atoms with E-state index in [-0.39, 0.29) is 17.2 Å². The van der Waals surface area contributed by atoms with Crippen molar-refractivity contribution in [2.75, 3.05) is 19.4 Å². The second-order valence-corrected chi connectivity index (χ2v) is 6.84. The second-order valence-electron chi connectivity index (χ2n) is 4.25. The van der Waals surface area contributed by atoms with Gasteiger partial charge in [-0.2, -0.15) is 0 Å². The van der Waals surface area contributed by atoms with Crippen LogP contribution in [0.15, 0.2) is 44.3 Å². The molecule has 1 aromatic carbocycles. The van der Waals surface area contributed by atoms with Gasteiger partial charge in [0.15, 0.2) is 0 Å². The minimum Gasteiger partial charge on any atom is -0.495 e. The van der Waals surface area contributed by atoms with Crippen LogP contribution in [0.2, 0.25) is 0 Å². The Morgan fingerprint density at radius 1 is 1.43 bits per heavy atom. The smallest absolute Gasteiger partial charge is 0.244 e. The molecule has 114 valence electrons. The summed E-state index contributed by atoms with van der Waals surface area (Å²) in [6, 6.07) is 6.42. The van der Waals surface area contributed by atoms with Gasteiger partial charge in [-0.05, 0) is 40.2 Å². The molecule has 8 heteroatoms. The van der Waals surface area contributed by atoms with Crippen LogP contribution in [0.25, 0.3) is 0 Å². The average Bonchev–Trinajstić information content (AvgIpc) is 2.94. The summed E-state index contributed by atoms with van der Waals surface area (Å²) in [6.45, 7) is 0.217. The number of hydrogen-bond acceptors (Lipinski definition) is 5. The Morgan fingerprint density at radius 2 is 2.19 bits per heavy atom. The van der Waals surface area contributed by atoms with E-state index >= 15 is 0 Å². The number of ether oxygens (including phenoxy) is 1. The number of sulfonamides is 1. The second kappa shape index (κ2) is 6.50. The highest BCUT2D eigenvalue weighted by Crippen LogP contribution is 2.32. The van der Waals surface area contributed by atoms with E-state index in [0.717, 1.165) is 0 Å². The Hall–Kier alpha value is -1.51. The predicted molar refractivity (Wildman–Crippen MR) is 82.7 cm³/mol. The minimum atomic E-state index is -3.71. The molecule has 0 spiro atoms. The Kier molecular flexibility index (Phi) is 4.92. The molecular weight excluding hydrogens is 360 g/mol. The maximum Gasteiger partial charge on any atom is 0.244 e. The van der Waals surface area contributed by atoms with Crippen molar-refractivity contribution in [3.63, 3.8) is 0 Å². The van der Waals surface area contributed by atoms with Crippen molar-refractivity contribution in [1.29, 1.82) is 0 Å². The molecule has 2 aromatic rings. The van der Waals surface area contributed by atoms with Crippen molar-refractivity contribution in [3.05, 3.63) is 40.8 Å². The molecule has 3 N–H and O–H groups in total. The van der Waals surface area contributed by atoms with Crippen LogP contribution in [0.4, 0.5) is 5.69 Å². The maximum absolute atomic E-state index is 12.3. The molecule has 0 atom stereocenters. The van der Waals surface area contributed by atoms with Gasteiger partial charge in [0, 0.05) is 23.1 Å². The van der Waals surface area contributed by atoms with Crippen molar-refractivity contribution in [1.82, 2.24) is 4.72 Å². The van der Waals surface area contributed by atoms with Gasteiger partial charge in [0.2, 0.25) is 10.0 Å². The van der Waals surface area contributed by atoms with Crippen LogP contribution in [-0.2, 0) is 16.4 Å². The molecule has 0 saturated heterocycles. The van der Waals surface area contributed by atoms with Crippen molar-refractivity contribution in [2.45, 2.75) is 11.3 Å². The Balaban J connectivity index is 2.17. The average molecular weight is 375 g/mol. The zero-order valence-electron chi connectivity index (χ0n) is 11.3. The number of hydrogen-bond donors (Lipinski definition) is 2. The van der Waals surface area contributed by atoms with Gasteiger partial charge in [-0.25, -0.2) is 13.1 Å². The molecule has 0 radical (unpaired) electrons. The molecular formula is C13H15BrN2O4S. The number of halogens is 1. The topological polar surface area (TPSA) is 94.6 Å². The third-order valence-electron chi connectivity index (χ3n) is 2.82. The van der Waals surface area contributed by atoms with Gasteiger partial charge >= 0.3 is 0 Å². The van der Waals surface area contributed by atoms with Crippen LogP contribution in [0, 0.1) is 0 Å². The first-order chi connectivity index (χ1) is 9.94. The third kappa shape index (κ3) is 3.78. The fourth-order valence-corrected chi connectivity index (χ4v) is 3.30. The van der Waals surface area contributed by atoms with E-state index in [0.29, 0.717) is 22.3 Å². The number of furan rings is 1. The Labute approximate surface area is 131 Å². The summed E-state index contributed by atoms with van der Waals surface area (Å²) in [7, 11) is -2.31. The van der Waals surface area contributed by atoms with Crippen molar-refractivity contribution < 1.29 is 17.6 Å². The standard InChI is InChI=1S/C13H15BrN2O4S/c1-19-12-7-10(14)11(15)8-13(12)21(17,18)16-5-4-9-3-2-6-20-9/h2-3,6-8,16H,4-5,15H2,1H3. The summed E-state index contributed by atoms with van der Waals surface area (Å²) >= 11 is 3.23. The Morgan fingerprint density at radius 3 is 2.81 bits per heavy atom. The van der Waals surface area contributed by atoms with E-state index in [9.17, 15) is 8.42 Å². The molecule has 0 fully saturated rings. The summed E-state index contributed by atoms with van der Waals surface area (Å²) in [5.74, 6) is 0.932. The quantitative estimate of drug-likeness (QED) is 0.755. The molecule has 6 nitrogen and oxygen atoms in total. The van der Waals surface area contributed by atoms with Gasteiger partial charge in [-0.1, -0.05) is 0 Å². The molecule has 0 unspecified atom stereocenters. The lowest BCUT2D eigenvalue weighted by atomic mass is 10.3. The lowest BCUT2D eigenvalue weighted by molar-refractivity contribution is 0.402. The molecule has 0 aliphatic heterocycles. The highest BCUT2D eigenvalue weighted by Gasteiger charge is 2.20. The predicted octanol–water partition coefficient (Wildman–Crippen LogP) is 2.15. The highest BCUT2D eigenvalue weighted by atomic mass is 79.9. The van der Waals surface area contributed by atoms with Crippen LogP contribution in [0.1, 0.15) is 5.76 Å². The highest BCUT2D eigenvalue weighted by molar-refractivity contribution is 9.10. The maximum atomic E-state index is 12.3. The van der Waals surface area contributed by atoms with Gasteiger partial charge in [0.25, 0.3) is 0 Å². The lowest BCUT2D eigenvalue weighted by Crippen LogP contribution is -2.26. The number of nitrogen functional groups attached to an aromatic ring is 1. The fraction of sp³-hybridized carbons (Fsp3) is 0.231. The summed E-state index contributed by atoms with van der Waals surface area (Å²) in [4.78, 5) is 0.00476. The molecule has 0 aliphatic rings. The van der Waals surface area contributed by atoms with Crippen LogP contribution >= 0.6 is 15.9 Å². The number of nitrogens with one attached hydrogen (secondary N) is 1. The van der Waals surface area contributed by atoms with Gasteiger partial charge in [0.1, 0.15) is 16.4 Å². The van der Waals surface area contributed by atoms with E-state index in [2.05, 4.69) is 20.7 Å². The van der Waals surface area contributed by atoms with Gasteiger partial charge in [-0.3, -0.25) is 0 Å². The van der Waals surface area contributed by atoms with Gasteiger partial charge in [-0.15, -0.1) is 0 Å². The van der Waals surface area contributed by atoms with Crippen LogP contribution < -0.4 is 15.2 Å². The van der Waals surface area contributed by atoms with Gasteiger partial charge in [0.05, 0.1) is 13.4 Å². The van der Waals surface area contributed by atoms with Crippen LogP contribution in [-0.4, -0.2) is 22.1 Å². The van der Waals surface area contributed by atoms with Crippen LogP contribution in [0.5, 0.6) is 5.75 Å². The zero-order chi connectivity index (χ0) is 15.5. The van der Waals surface area contributed by atoms with E-state index < -0.39 is 10.0 Å². The van der Waals surface area contributed by atoms with E-state index in [1.165, 1.54) is 19.2 Å². The molecule has 2 rings (SSSR count). The number of benzene rings is 1. The number of anilines is 1. The van der Waals surface area contributed by atoms with Crippen molar-refractivity contribution in [2.24, 2.45) is 0 Å². The number of methoxy groups -OCH3 is 1. The van der Waals surface area contributed by atoms with Crippen molar-refractivity contribution in [3.8, 4) is 5.75 Å². The number of rotatable bonds is 6. The normalized spacial score (nSPS) is 11.5. The molecule has 0 aliphatic carbocycles. The molecule has 0 amide bonds. The third-order valence-corrected chi connectivity index (χ3v) is 4.99. The van der Waals surface area contributed by atoms with Gasteiger partial charge < -0.3 is 14.9 Å². The Bertz CT molecular complexity index is 714. The first-order valence-corrected chi connectivity index (χ1v) is 8.36. The van der Waals surface area contributed by atoms with Crippen LogP contribution in [0.3, 0.4) is 0 Å². The largest absolute Gasteiger partial charge is 0.495 e. The minimum absolute atomic E-state index is 0.00476. The molecule has 0 bridgehead atoms. The van der Waals surface area contributed by atoms with E-state index in [4.69, 9.17) is 14.9 Å². The zero-order valence-corrected chi connectivity index (χ0v) is 13.7.